The Bertz CT molecular complexity index is 434. The second kappa shape index (κ2) is 9.23. The fraction of sp³-hybridized carbons (Fsp3) is 0.750. The lowest BCUT2D eigenvalue weighted by Gasteiger charge is -2.26. The van der Waals surface area contributed by atoms with Gasteiger partial charge < -0.3 is 21.1 Å². The van der Waals surface area contributed by atoms with E-state index in [1.807, 2.05) is 0 Å². The minimum Gasteiger partial charge on any atom is -0.480 e. The first-order valence-corrected chi connectivity index (χ1v) is 7.97. The van der Waals surface area contributed by atoms with Crippen LogP contribution in [0.25, 0.3) is 0 Å². The van der Waals surface area contributed by atoms with Crippen LogP contribution in [-0.2, 0) is 9.59 Å². The summed E-state index contributed by atoms with van der Waals surface area (Å²) in [6, 6.07) is -0.778. The Labute approximate surface area is 132 Å². The molecule has 2 atom stereocenters. The van der Waals surface area contributed by atoms with Gasteiger partial charge in [0.1, 0.15) is 6.04 Å². The predicted molar refractivity (Wildman–Crippen MR) is 83.3 cm³/mol. The summed E-state index contributed by atoms with van der Waals surface area (Å²) in [7, 11) is 0. The lowest BCUT2D eigenvalue weighted by atomic mass is 10.0. The second-order valence-electron chi connectivity index (χ2n) is 5.08. The highest BCUT2D eigenvalue weighted by Gasteiger charge is 2.36. The topological polar surface area (TPSA) is 149 Å². The number of nitrogens with two attached hydrogens (primary N) is 1. The van der Waals surface area contributed by atoms with Gasteiger partial charge in [0.05, 0.1) is 0 Å². The van der Waals surface area contributed by atoms with Crippen molar-refractivity contribution in [2.24, 2.45) is 16.2 Å². The van der Waals surface area contributed by atoms with E-state index in [0.29, 0.717) is 38.8 Å². The standard InChI is InChI=1S/C12H21N5O4S/c13-12(14)15-5-1-3-8(7-22-16-21)10(18)17-6-2-4-9(17)11(19)20/h8-9H,1-7H2,(H,19,20)(H4,13,14,15)/t8-,9+/m1/s1. The number of carboxylic acid groups (broad SMARTS) is 1. The van der Waals surface area contributed by atoms with Crippen molar-refractivity contribution in [3.05, 3.63) is 4.91 Å². The Hall–Kier alpha value is -1.84. The van der Waals surface area contributed by atoms with Crippen LogP contribution in [0, 0.1) is 16.2 Å². The molecule has 0 spiro atoms. The predicted octanol–water partition coefficient (Wildman–Crippen LogP) is 0.356. The van der Waals surface area contributed by atoms with Gasteiger partial charge in [-0.3, -0.25) is 10.2 Å². The molecule has 0 unspecified atom stereocenters. The van der Waals surface area contributed by atoms with Crippen LogP contribution in [0.4, 0.5) is 0 Å². The number of aliphatic carboxylic acids is 1. The van der Waals surface area contributed by atoms with Gasteiger partial charge in [0.15, 0.2) is 5.96 Å². The summed E-state index contributed by atoms with van der Waals surface area (Å²) in [5, 5.41) is 18.8. The number of hydrogen-bond acceptors (Lipinski definition) is 6. The first-order chi connectivity index (χ1) is 10.5. The zero-order valence-corrected chi connectivity index (χ0v) is 13.0. The smallest absolute Gasteiger partial charge is 0.326 e. The molecule has 1 saturated heterocycles. The molecule has 0 aromatic heterocycles. The third-order valence-corrected chi connectivity index (χ3v) is 4.20. The summed E-state index contributed by atoms with van der Waals surface area (Å²) in [5.41, 5.74) is 5.17. The quantitative estimate of drug-likeness (QED) is 0.157. The first-order valence-electron chi connectivity index (χ1n) is 7.03. The van der Waals surface area contributed by atoms with Gasteiger partial charge in [-0.15, -0.1) is 4.91 Å². The van der Waals surface area contributed by atoms with Gasteiger partial charge >= 0.3 is 5.97 Å². The normalized spacial score (nSPS) is 18.7. The first kappa shape index (κ1) is 18.2. The molecule has 0 saturated carbocycles. The Balaban J connectivity index is 2.60. The second-order valence-corrected chi connectivity index (χ2v) is 5.82. The number of guanidine groups is 1. The number of nitrogens with one attached hydrogen (secondary N) is 2. The van der Waals surface area contributed by atoms with Gasteiger partial charge in [-0.05, 0) is 25.7 Å². The maximum Gasteiger partial charge on any atom is 0.326 e. The summed E-state index contributed by atoms with van der Waals surface area (Å²) in [6.07, 6.45) is 2.19. The molecular formula is C12H21N5O4S. The molecule has 1 aliphatic heterocycles. The summed E-state index contributed by atoms with van der Waals surface area (Å²) in [5.74, 6) is -1.62. The van der Waals surface area contributed by atoms with E-state index in [2.05, 4.69) is 9.90 Å². The van der Waals surface area contributed by atoms with E-state index in [-0.39, 0.29) is 17.6 Å². The average molecular weight is 331 g/mol. The van der Waals surface area contributed by atoms with Crippen molar-refractivity contribution in [2.45, 2.75) is 31.7 Å². The highest BCUT2D eigenvalue weighted by Crippen LogP contribution is 2.24. The van der Waals surface area contributed by atoms with Crippen molar-refractivity contribution < 1.29 is 14.7 Å². The zero-order valence-electron chi connectivity index (χ0n) is 12.2. The molecule has 0 aromatic rings. The molecule has 1 heterocycles. The van der Waals surface area contributed by atoms with Gasteiger partial charge in [0.25, 0.3) is 0 Å². The summed E-state index contributed by atoms with van der Waals surface area (Å²) in [6.45, 7) is 0.873. The van der Waals surface area contributed by atoms with Crippen molar-refractivity contribution in [3.8, 4) is 0 Å². The molecular weight excluding hydrogens is 310 g/mol. The number of rotatable bonds is 9. The molecule has 0 aromatic carbocycles. The maximum absolute atomic E-state index is 12.5. The van der Waals surface area contributed by atoms with E-state index in [1.54, 1.807) is 0 Å². The van der Waals surface area contributed by atoms with Crippen molar-refractivity contribution in [1.82, 2.24) is 10.2 Å². The van der Waals surface area contributed by atoms with Gasteiger partial charge in [-0.25, -0.2) is 4.79 Å². The van der Waals surface area contributed by atoms with Crippen LogP contribution in [0.1, 0.15) is 25.7 Å². The number of nitrogens with zero attached hydrogens (tertiary/aromatic N) is 2. The number of likely N-dealkylation sites (tertiary alicyclic amines) is 1. The van der Waals surface area contributed by atoms with Crippen LogP contribution in [0.15, 0.2) is 4.58 Å². The Morgan fingerprint density at radius 3 is 2.86 bits per heavy atom. The molecule has 10 heteroatoms. The molecule has 1 fully saturated rings. The van der Waals surface area contributed by atoms with E-state index in [0.717, 1.165) is 11.9 Å². The number of amides is 1. The number of hydrogen-bond donors (Lipinski definition) is 4. The van der Waals surface area contributed by atoms with Crippen molar-refractivity contribution >= 4 is 29.8 Å². The molecule has 0 radical (unpaired) electrons. The Kier molecular flexibility index (Phi) is 7.64. The van der Waals surface area contributed by atoms with Gasteiger partial charge in [0.2, 0.25) is 5.91 Å². The van der Waals surface area contributed by atoms with Crippen LogP contribution >= 0.6 is 11.9 Å². The molecule has 5 N–H and O–H groups in total. The monoisotopic (exact) mass is 331 g/mol. The number of nitroso groups, excluding NO2 is 1. The Morgan fingerprint density at radius 1 is 1.55 bits per heavy atom. The molecule has 1 aliphatic rings. The van der Waals surface area contributed by atoms with E-state index < -0.39 is 17.9 Å². The van der Waals surface area contributed by atoms with Crippen molar-refractivity contribution in [1.29, 1.82) is 5.41 Å². The van der Waals surface area contributed by atoms with Crippen molar-refractivity contribution in [3.63, 3.8) is 0 Å². The van der Waals surface area contributed by atoms with E-state index >= 15 is 0 Å². The number of carbonyl (C=O) groups is 2. The van der Waals surface area contributed by atoms with Gasteiger partial charge in [0, 0.05) is 41.3 Å². The van der Waals surface area contributed by atoms with E-state index in [1.165, 1.54) is 4.90 Å². The summed E-state index contributed by atoms with van der Waals surface area (Å²) < 4.78 is 2.70. The third kappa shape index (κ3) is 5.51. The van der Waals surface area contributed by atoms with Crippen LogP contribution in [0.2, 0.25) is 0 Å². The van der Waals surface area contributed by atoms with E-state index in [9.17, 15) is 14.5 Å². The molecule has 22 heavy (non-hydrogen) atoms. The molecule has 1 rings (SSSR count). The Morgan fingerprint density at radius 2 is 2.27 bits per heavy atom. The fourth-order valence-electron chi connectivity index (χ4n) is 2.49. The fourth-order valence-corrected chi connectivity index (χ4v) is 3.04. The summed E-state index contributed by atoms with van der Waals surface area (Å²) in [4.78, 5) is 35.4. The third-order valence-electron chi connectivity index (χ3n) is 3.54. The molecule has 124 valence electrons. The van der Waals surface area contributed by atoms with Crippen LogP contribution in [0.3, 0.4) is 0 Å². The minimum atomic E-state index is -0.996. The number of carbonyl (C=O) groups excluding carboxylic acids is 1. The van der Waals surface area contributed by atoms with Crippen LogP contribution in [-0.4, -0.2) is 52.7 Å². The SMILES string of the molecule is N=C(N)NCCC[C@H](CSN=O)C(=O)N1CCC[C@H]1C(=O)O. The molecule has 0 aliphatic carbocycles. The highest BCUT2D eigenvalue weighted by atomic mass is 32.2. The minimum absolute atomic E-state index is 0.141. The van der Waals surface area contributed by atoms with Crippen LogP contribution in [0.5, 0.6) is 0 Å². The lowest BCUT2D eigenvalue weighted by molar-refractivity contribution is -0.149. The van der Waals surface area contributed by atoms with Gasteiger partial charge in [-0.2, -0.15) is 0 Å². The van der Waals surface area contributed by atoms with Crippen LogP contribution < -0.4 is 11.1 Å². The highest BCUT2D eigenvalue weighted by molar-refractivity contribution is 7.97. The average Bonchev–Trinajstić information content (AvgIpc) is 2.95. The molecule has 9 nitrogen and oxygen atoms in total. The number of carboxylic acids is 1. The van der Waals surface area contributed by atoms with Crippen molar-refractivity contribution in [2.75, 3.05) is 18.8 Å². The van der Waals surface area contributed by atoms with Gasteiger partial charge in [-0.1, -0.05) is 0 Å². The largest absolute Gasteiger partial charge is 0.480 e. The summed E-state index contributed by atoms with van der Waals surface area (Å²) >= 11 is 0.764. The molecule has 1 amide bonds. The maximum atomic E-state index is 12.5. The zero-order chi connectivity index (χ0) is 16.5. The lowest BCUT2D eigenvalue weighted by Crippen LogP contribution is -2.44. The van der Waals surface area contributed by atoms with E-state index in [4.69, 9.17) is 16.2 Å². The molecule has 0 bridgehead atoms.